The molecule has 0 aromatic heterocycles. The summed E-state index contributed by atoms with van der Waals surface area (Å²) in [5, 5.41) is 3.07. The average molecular weight is 512 g/mol. The Morgan fingerprint density at radius 3 is 2.57 bits per heavy atom. The molecule has 10 nitrogen and oxygen atoms in total. The SMILES string of the molecule is COC(COP(N[C@@H](C)C(=O)OC(C)C)OC1=CCC=C(CN)C=C1)CC(C)N(C=O)/C=C\C=O. The van der Waals surface area contributed by atoms with E-state index in [1.54, 1.807) is 34.0 Å². The Morgan fingerprint density at radius 2 is 1.97 bits per heavy atom. The molecule has 35 heavy (non-hydrogen) atoms. The number of hydrogen-bond donors (Lipinski definition) is 2. The lowest BCUT2D eigenvalue weighted by Gasteiger charge is -2.27. The molecule has 1 amide bonds. The molecule has 0 bridgehead atoms. The summed E-state index contributed by atoms with van der Waals surface area (Å²) in [6.07, 6.45) is 12.0. The van der Waals surface area contributed by atoms with Gasteiger partial charge in [0, 0.05) is 25.9 Å². The first-order valence-corrected chi connectivity index (χ1v) is 12.6. The number of aldehydes is 1. The van der Waals surface area contributed by atoms with Crippen molar-refractivity contribution < 1.29 is 32.9 Å². The molecule has 0 saturated heterocycles. The number of rotatable bonds is 17. The molecule has 0 heterocycles. The molecule has 0 fully saturated rings. The molecule has 1 aliphatic rings. The quantitative estimate of drug-likeness (QED) is 0.131. The summed E-state index contributed by atoms with van der Waals surface area (Å²) in [6.45, 7) is 7.63. The van der Waals surface area contributed by atoms with Gasteiger partial charge in [0.1, 0.15) is 18.1 Å². The van der Waals surface area contributed by atoms with Crippen LogP contribution in [-0.4, -0.2) is 68.1 Å². The van der Waals surface area contributed by atoms with Crippen LogP contribution >= 0.6 is 8.53 Å². The first kappa shape index (κ1) is 30.7. The summed E-state index contributed by atoms with van der Waals surface area (Å²) in [5.41, 5.74) is 6.71. The number of carbonyl (C=O) groups is 3. The number of ether oxygens (including phenoxy) is 2. The first-order chi connectivity index (χ1) is 16.7. The van der Waals surface area contributed by atoms with Crippen LogP contribution in [0.25, 0.3) is 0 Å². The number of hydrogen-bond acceptors (Lipinski definition) is 9. The molecule has 0 spiro atoms. The van der Waals surface area contributed by atoms with Gasteiger partial charge >= 0.3 is 14.5 Å². The van der Waals surface area contributed by atoms with Gasteiger partial charge in [-0.15, -0.1) is 0 Å². The number of nitrogens with one attached hydrogen (secondary N) is 1. The molecule has 0 aromatic rings. The zero-order valence-corrected chi connectivity index (χ0v) is 22.0. The van der Waals surface area contributed by atoms with Crippen LogP contribution in [0.5, 0.6) is 0 Å². The number of esters is 1. The third-order valence-corrected chi connectivity index (χ3v) is 6.23. The zero-order valence-electron chi connectivity index (χ0n) is 21.1. The maximum Gasteiger partial charge on any atom is 0.323 e. The van der Waals surface area contributed by atoms with Crippen LogP contribution in [-0.2, 0) is 32.9 Å². The summed E-state index contributed by atoms with van der Waals surface area (Å²) in [5.74, 6) is 0.166. The summed E-state index contributed by atoms with van der Waals surface area (Å²) in [4.78, 5) is 35.6. The van der Waals surface area contributed by atoms with Gasteiger partial charge in [-0.05, 0) is 64.3 Å². The Morgan fingerprint density at radius 1 is 1.23 bits per heavy atom. The summed E-state index contributed by atoms with van der Waals surface area (Å²) in [7, 11) is -0.206. The number of amides is 1. The van der Waals surface area contributed by atoms with E-state index < -0.39 is 20.5 Å². The van der Waals surface area contributed by atoms with Gasteiger partial charge in [0.05, 0.1) is 18.8 Å². The minimum Gasteiger partial charge on any atom is -0.462 e. The number of nitrogens with two attached hydrogens (primary N) is 1. The number of methoxy groups -OCH3 is 1. The van der Waals surface area contributed by atoms with E-state index in [9.17, 15) is 14.4 Å². The van der Waals surface area contributed by atoms with Crippen molar-refractivity contribution in [2.75, 3.05) is 20.3 Å². The van der Waals surface area contributed by atoms with E-state index in [4.69, 9.17) is 24.3 Å². The van der Waals surface area contributed by atoms with E-state index in [0.29, 0.717) is 37.8 Å². The molecule has 4 atom stereocenters. The highest BCUT2D eigenvalue weighted by molar-refractivity contribution is 7.45. The van der Waals surface area contributed by atoms with Crippen molar-refractivity contribution in [3.8, 4) is 0 Å². The Bertz CT molecular complexity index is 798. The van der Waals surface area contributed by atoms with E-state index in [1.807, 2.05) is 25.2 Å². The minimum absolute atomic E-state index is 0.138. The lowest BCUT2D eigenvalue weighted by atomic mass is 10.1. The molecule has 0 aromatic carbocycles. The van der Waals surface area contributed by atoms with Gasteiger partial charge in [0.25, 0.3) is 0 Å². The molecule has 3 N–H and O–H groups in total. The van der Waals surface area contributed by atoms with Gasteiger partial charge in [0.2, 0.25) is 6.41 Å². The number of nitrogens with zero attached hydrogens (tertiary/aromatic N) is 1. The van der Waals surface area contributed by atoms with Gasteiger partial charge < -0.3 is 29.2 Å². The largest absolute Gasteiger partial charge is 0.462 e. The second-order valence-corrected chi connectivity index (χ2v) is 9.33. The standard InChI is InChI=1S/C24H38N3O7P/c1-18(2)33-24(30)20(4)26-35(34-22-9-6-8-21(15-25)10-11-22)32-16-23(31-5)14-19(3)27(17-29)12-7-13-28/h7-13,17-20,23,26H,6,14-16,25H2,1-5H3/b12-7-/t19?,20-,23?,35?/m0/s1. The monoisotopic (exact) mass is 511 g/mol. The fourth-order valence-corrected chi connectivity index (χ4v) is 4.14. The van der Waals surface area contributed by atoms with Crippen LogP contribution in [0.2, 0.25) is 0 Å². The third kappa shape index (κ3) is 12.2. The highest BCUT2D eigenvalue weighted by Crippen LogP contribution is 2.38. The zero-order chi connectivity index (χ0) is 26.2. The van der Waals surface area contributed by atoms with Gasteiger partial charge in [-0.2, -0.15) is 0 Å². The van der Waals surface area contributed by atoms with E-state index in [2.05, 4.69) is 5.09 Å². The second kappa shape index (κ2) is 17.1. The molecule has 1 aliphatic carbocycles. The van der Waals surface area contributed by atoms with Crippen LogP contribution in [0.1, 0.15) is 40.5 Å². The molecule has 11 heteroatoms. The van der Waals surface area contributed by atoms with Crippen molar-refractivity contribution in [3.05, 3.63) is 47.9 Å². The predicted molar refractivity (Wildman–Crippen MR) is 135 cm³/mol. The fourth-order valence-electron chi connectivity index (χ4n) is 2.91. The Kier molecular flexibility index (Phi) is 15.0. The van der Waals surface area contributed by atoms with E-state index in [0.717, 1.165) is 5.57 Å². The summed E-state index contributed by atoms with van der Waals surface area (Å²) in [6, 6.07) is -0.916. The highest BCUT2D eigenvalue weighted by atomic mass is 31.2. The Labute approximate surface area is 209 Å². The van der Waals surface area contributed by atoms with Crippen LogP contribution in [0.4, 0.5) is 0 Å². The summed E-state index contributed by atoms with van der Waals surface area (Å²) >= 11 is 0. The van der Waals surface area contributed by atoms with Crippen LogP contribution in [0.3, 0.4) is 0 Å². The minimum atomic E-state index is -1.75. The molecular weight excluding hydrogens is 473 g/mol. The number of carbonyl (C=O) groups excluding carboxylic acids is 3. The summed E-state index contributed by atoms with van der Waals surface area (Å²) < 4.78 is 22.9. The van der Waals surface area contributed by atoms with Crippen molar-refractivity contribution in [1.29, 1.82) is 0 Å². The lowest BCUT2D eigenvalue weighted by molar-refractivity contribution is -0.149. The lowest BCUT2D eigenvalue weighted by Crippen LogP contribution is -2.35. The maximum atomic E-state index is 12.3. The van der Waals surface area contributed by atoms with Gasteiger partial charge in [0.15, 0.2) is 0 Å². The van der Waals surface area contributed by atoms with E-state index in [1.165, 1.54) is 17.2 Å². The topological polar surface area (TPSA) is 129 Å². The third-order valence-electron chi connectivity index (χ3n) is 4.87. The Hall–Kier alpha value is -2.36. The molecular formula is C24H38N3O7P. The molecule has 196 valence electrons. The molecule has 0 saturated carbocycles. The smallest absolute Gasteiger partial charge is 0.323 e. The van der Waals surface area contributed by atoms with Crippen LogP contribution in [0.15, 0.2) is 47.9 Å². The first-order valence-electron chi connectivity index (χ1n) is 11.5. The van der Waals surface area contributed by atoms with Crippen molar-refractivity contribution >= 4 is 27.2 Å². The number of allylic oxidation sites excluding steroid dienone is 4. The molecule has 1 rings (SSSR count). The average Bonchev–Trinajstić information content (AvgIpc) is 3.06. The van der Waals surface area contributed by atoms with Gasteiger partial charge in [-0.25, -0.2) is 5.09 Å². The Balaban J connectivity index is 2.88. The van der Waals surface area contributed by atoms with Crippen molar-refractivity contribution in [3.63, 3.8) is 0 Å². The highest BCUT2D eigenvalue weighted by Gasteiger charge is 2.26. The van der Waals surface area contributed by atoms with E-state index >= 15 is 0 Å². The van der Waals surface area contributed by atoms with Crippen molar-refractivity contribution in [2.45, 2.75) is 64.8 Å². The molecule has 0 radical (unpaired) electrons. The van der Waals surface area contributed by atoms with Crippen LogP contribution in [0, 0.1) is 0 Å². The molecule has 3 unspecified atom stereocenters. The van der Waals surface area contributed by atoms with Crippen molar-refractivity contribution in [1.82, 2.24) is 9.99 Å². The fraction of sp³-hybridized carbons (Fsp3) is 0.542. The van der Waals surface area contributed by atoms with Crippen molar-refractivity contribution in [2.24, 2.45) is 5.73 Å². The second-order valence-electron chi connectivity index (χ2n) is 8.11. The predicted octanol–water partition coefficient (Wildman–Crippen LogP) is 2.87. The normalized spacial score (nSPS) is 17.1. The van der Waals surface area contributed by atoms with Gasteiger partial charge in [-0.3, -0.25) is 14.4 Å². The maximum absolute atomic E-state index is 12.3. The van der Waals surface area contributed by atoms with Gasteiger partial charge in [-0.1, -0.05) is 12.2 Å². The molecule has 0 aliphatic heterocycles. The van der Waals surface area contributed by atoms with E-state index in [-0.39, 0.29) is 24.9 Å². The van der Waals surface area contributed by atoms with Crippen LogP contribution < -0.4 is 10.8 Å².